The van der Waals surface area contributed by atoms with Crippen LogP contribution in [0.3, 0.4) is 0 Å². The van der Waals surface area contributed by atoms with Crippen LogP contribution in [0.2, 0.25) is 0 Å². The summed E-state index contributed by atoms with van der Waals surface area (Å²) in [7, 11) is 0.831. The summed E-state index contributed by atoms with van der Waals surface area (Å²) in [6.45, 7) is 0. The summed E-state index contributed by atoms with van der Waals surface area (Å²) in [6, 6.07) is 13.5. The fourth-order valence-electron chi connectivity index (χ4n) is 2.53. The quantitative estimate of drug-likeness (QED) is 0.395. The Balaban J connectivity index is 1.61. The zero-order chi connectivity index (χ0) is 13.8. The van der Waals surface area contributed by atoms with Crippen molar-refractivity contribution < 1.29 is 0 Å². The highest BCUT2D eigenvalue weighted by atomic mass is 32.1. The van der Waals surface area contributed by atoms with Crippen LogP contribution in [0.25, 0.3) is 29.3 Å². The second kappa shape index (κ2) is 4.76. The van der Waals surface area contributed by atoms with Crippen molar-refractivity contribution in [1.29, 1.82) is 0 Å². The van der Waals surface area contributed by atoms with Crippen LogP contribution in [-0.4, -0.2) is 9.52 Å². The number of hydrogen-bond donors (Lipinski definition) is 0. The van der Waals surface area contributed by atoms with Crippen LogP contribution < -0.4 is 10.4 Å². The lowest BCUT2D eigenvalue weighted by molar-refractivity contribution is 1.96. The molecule has 0 N–H and O–H groups in total. The molecule has 0 atom stereocenters. The molecular formula is C16H8S4Si. The van der Waals surface area contributed by atoms with Gasteiger partial charge in [0.1, 0.15) is 9.52 Å². The van der Waals surface area contributed by atoms with Crippen LogP contribution in [0.15, 0.2) is 47.2 Å². The van der Waals surface area contributed by atoms with Gasteiger partial charge in [0.15, 0.2) is 0 Å². The first-order valence-corrected chi connectivity index (χ1v) is 10.9. The highest BCUT2D eigenvalue weighted by Gasteiger charge is 2.26. The standard InChI is InChI=1S/C16H8S4Si/c1-3-9(17-5-1)11-7-13-15(19-11)16-14(21-13)8-12(20-16)10-4-2-6-18-10/h1-8H. The molecule has 1 aliphatic heterocycles. The van der Waals surface area contributed by atoms with Gasteiger partial charge < -0.3 is 0 Å². The summed E-state index contributed by atoms with van der Waals surface area (Å²) < 4.78 is 0. The van der Waals surface area contributed by atoms with E-state index in [0.717, 1.165) is 9.52 Å². The first-order chi connectivity index (χ1) is 10.4. The summed E-state index contributed by atoms with van der Waals surface area (Å²) >= 11 is 7.60. The molecule has 100 valence electrons. The van der Waals surface area contributed by atoms with E-state index >= 15 is 0 Å². The molecule has 0 amide bonds. The van der Waals surface area contributed by atoms with E-state index < -0.39 is 0 Å². The molecule has 0 aromatic carbocycles. The topological polar surface area (TPSA) is 0 Å². The van der Waals surface area contributed by atoms with Gasteiger partial charge in [-0.3, -0.25) is 0 Å². The van der Waals surface area contributed by atoms with Gasteiger partial charge in [-0.1, -0.05) is 12.1 Å². The Morgan fingerprint density at radius 2 is 1.19 bits per heavy atom. The molecule has 21 heavy (non-hydrogen) atoms. The van der Waals surface area contributed by atoms with Crippen LogP contribution in [0.5, 0.6) is 0 Å². The lowest BCUT2D eigenvalue weighted by Crippen LogP contribution is -2.18. The third-order valence-electron chi connectivity index (χ3n) is 3.47. The summed E-state index contributed by atoms with van der Waals surface area (Å²) in [5.41, 5.74) is 0. The molecule has 0 bridgehead atoms. The molecule has 5 heterocycles. The van der Waals surface area contributed by atoms with Gasteiger partial charge in [0.05, 0.1) is 0 Å². The van der Waals surface area contributed by atoms with Crippen molar-refractivity contribution in [3.05, 3.63) is 47.2 Å². The van der Waals surface area contributed by atoms with Crippen molar-refractivity contribution in [2.45, 2.75) is 0 Å². The minimum atomic E-state index is 0.831. The molecule has 2 radical (unpaired) electrons. The molecule has 5 heteroatoms. The van der Waals surface area contributed by atoms with Gasteiger partial charge in [0, 0.05) is 29.3 Å². The Kier molecular flexibility index (Phi) is 2.84. The number of thiophene rings is 4. The van der Waals surface area contributed by atoms with Gasteiger partial charge in [-0.25, -0.2) is 0 Å². The van der Waals surface area contributed by atoms with E-state index in [1.54, 1.807) is 10.4 Å². The van der Waals surface area contributed by atoms with Crippen LogP contribution >= 0.6 is 45.3 Å². The van der Waals surface area contributed by atoms with Crippen molar-refractivity contribution in [2.24, 2.45) is 0 Å². The second-order valence-electron chi connectivity index (χ2n) is 4.79. The second-order valence-corrected chi connectivity index (χ2v) is 10.1. The third kappa shape index (κ3) is 1.96. The van der Waals surface area contributed by atoms with Gasteiger partial charge in [-0.15, -0.1) is 45.3 Å². The van der Waals surface area contributed by atoms with Crippen molar-refractivity contribution in [1.82, 2.24) is 0 Å². The minimum Gasteiger partial charge on any atom is -0.143 e. The molecule has 0 saturated heterocycles. The van der Waals surface area contributed by atoms with E-state index in [2.05, 4.69) is 47.2 Å². The third-order valence-corrected chi connectivity index (χ3v) is 9.72. The number of rotatable bonds is 2. The lowest BCUT2D eigenvalue weighted by Gasteiger charge is -1.91. The van der Waals surface area contributed by atoms with Crippen molar-refractivity contribution in [2.75, 3.05) is 0 Å². The Morgan fingerprint density at radius 1 is 0.667 bits per heavy atom. The lowest BCUT2D eigenvalue weighted by atomic mass is 10.3. The Morgan fingerprint density at radius 3 is 1.62 bits per heavy atom. The molecule has 1 aliphatic rings. The molecule has 0 fully saturated rings. The Hall–Kier alpha value is -0.983. The van der Waals surface area contributed by atoms with Crippen molar-refractivity contribution in [3.63, 3.8) is 0 Å². The first kappa shape index (κ1) is 12.5. The molecule has 0 unspecified atom stereocenters. The first-order valence-electron chi connectivity index (χ1n) is 6.51. The van der Waals surface area contributed by atoms with E-state index in [1.807, 2.05) is 45.3 Å². The smallest absolute Gasteiger partial charge is 0.125 e. The fraction of sp³-hybridized carbons (Fsp3) is 0. The summed E-state index contributed by atoms with van der Waals surface area (Å²) in [6.07, 6.45) is 0. The molecule has 5 rings (SSSR count). The van der Waals surface area contributed by atoms with Gasteiger partial charge >= 0.3 is 0 Å². The predicted molar refractivity (Wildman–Crippen MR) is 99.3 cm³/mol. The maximum atomic E-state index is 2.40. The minimum absolute atomic E-state index is 0.831. The maximum Gasteiger partial charge on any atom is 0.125 e. The van der Waals surface area contributed by atoms with Gasteiger partial charge in [0.25, 0.3) is 0 Å². The monoisotopic (exact) mass is 356 g/mol. The zero-order valence-corrected chi connectivity index (χ0v) is 15.0. The number of hydrogen-bond acceptors (Lipinski definition) is 4. The molecular weight excluding hydrogens is 349 g/mol. The van der Waals surface area contributed by atoms with Gasteiger partial charge in [-0.05, 0) is 45.4 Å². The number of fused-ring (bicyclic) bond motifs is 3. The molecule has 0 aliphatic carbocycles. The van der Waals surface area contributed by atoms with E-state index in [0.29, 0.717) is 0 Å². The summed E-state index contributed by atoms with van der Waals surface area (Å²) in [4.78, 5) is 8.68. The fourth-order valence-corrected chi connectivity index (χ4v) is 8.67. The molecule has 4 aromatic heterocycles. The zero-order valence-electron chi connectivity index (χ0n) is 10.8. The van der Waals surface area contributed by atoms with Crippen LogP contribution in [0, 0.1) is 0 Å². The summed E-state index contributed by atoms with van der Waals surface area (Å²) in [5, 5.41) is 7.41. The Labute approximate surface area is 141 Å². The van der Waals surface area contributed by atoms with Crippen molar-refractivity contribution in [3.8, 4) is 29.3 Å². The van der Waals surface area contributed by atoms with E-state index in [4.69, 9.17) is 0 Å². The normalized spacial score (nSPS) is 12.6. The molecule has 0 nitrogen and oxygen atoms in total. The van der Waals surface area contributed by atoms with Crippen molar-refractivity contribution >= 4 is 65.2 Å². The van der Waals surface area contributed by atoms with Crippen LogP contribution in [-0.2, 0) is 0 Å². The highest BCUT2D eigenvalue weighted by Crippen LogP contribution is 2.42. The average molecular weight is 357 g/mol. The van der Waals surface area contributed by atoms with Gasteiger partial charge in [-0.2, -0.15) is 0 Å². The molecule has 4 aromatic rings. The molecule has 0 spiro atoms. The highest BCUT2D eigenvalue weighted by molar-refractivity contribution is 7.31. The SMILES string of the molecule is c1csc(-c2cc3c(s2)-c2sc(-c4cccs4)cc2[Si]3)c1. The largest absolute Gasteiger partial charge is 0.143 e. The van der Waals surface area contributed by atoms with E-state index in [1.165, 1.54) is 29.3 Å². The van der Waals surface area contributed by atoms with E-state index in [-0.39, 0.29) is 0 Å². The molecule has 0 saturated carbocycles. The predicted octanol–water partition coefficient (Wildman–Crippen LogP) is 4.90. The summed E-state index contributed by atoms with van der Waals surface area (Å²) in [5.74, 6) is 0. The average Bonchev–Trinajstić information content (AvgIpc) is 3.25. The van der Waals surface area contributed by atoms with Crippen LogP contribution in [0.4, 0.5) is 0 Å². The maximum absolute atomic E-state index is 2.40. The van der Waals surface area contributed by atoms with Gasteiger partial charge in [0.2, 0.25) is 0 Å². The Bertz CT molecular complexity index is 833. The van der Waals surface area contributed by atoms with Crippen LogP contribution in [0.1, 0.15) is 0 Å². The van der Waals surface area contributed by atoms with E-state index in [9.17, 15) is 0 Å².